The second kappa shape index (κ2) is 8.79. The molecule has 2 aliphatic rings. The molecule has 1 aliphatic heterocycles. The lowest BCUT2D eigenvalue weighted by molar-refractivity contribution is 0.0680. The number of nitrogens with zero attached hydrogens (tertiary/aromatic N) is 2. The Bertz CT molecular complexity index is 871. The summed E-state index contributed by atoms with van der Waals surface area (Å²) in [6.07, 6.45) is 4.52. The van der Waals surface area contributed by atoms with Gasteiger partial charge in [-0.1, -0.05) is 11.6 Å². The van der Waals surface area contributed by atoms with Gasteiger partial charge in [0, 0.05) is 47.0 Å². The number of hydrogen-bond donors (Lipinski definition) is 3. The van der Waals surface area contributed by atoms with Crippen LogP contribution >= 0.6 is 11.6 Å². The van der Waals surface area contributed by atoms with E-state index in [0.29, 0.717) is 16.5 Å². The molecule has 2 amide bonds. The minimum atomic E-state index is -0.252. The van der Waals surface area contributed by atoms with Gasteiger partial charge in [-0.25, -0.2) is 4.79 Å². The molecule has 1 aliphatic carbocycles. The lowest BCUT2D eigenvalue weighted by atomic mass is 9.87. The molecule has 2 fully saturated rings. The fourth-order valence-electron chi connectivity index (χ4n) is 4.17. The molecule has 8 heteroatoms. The molecular weight excluding hydrogens is 404 g/mol. The van der Waals surface area contributed by atoms with Crippen molar-refractivity contribution in [3.8, 4) is 5.75 Å². The normalized spacial score (nSPS) is 22.9. The molecule has 0 bridgehead atoms. The van der Waals surface area contributed by atoms with E-state index in [0.717, 1.165) is 38.0 Å². The average Bonchev–Trinajstić information content (AvgIpc) is 3.57. The molecule has 0 radical (unpaired) electrons. The number of piperidine rings is 1. The Morgan fingerprint density at radius 3 is 2.67 bits per heavy atom. The highest BCUT2D eigenvalue weighted by Crippen LogP contribution is 2.44. The van der Waals surface area contributed by atoms with Crippen molar-refractivity contribution in [2.45, 2.75) is 36.8 Å². The molecule has 0 spiro atoms. The highest BCUT2D eigenvalue weighted by Gasteiger charge is 2.50. The predicted octanol–water partition coefficient (Wildman–Crippen LogP) is 3.25. The van der Waals surface area contributed by atoms with E-state index >= 15 is 0 Å². The highest BCUT2D eigenvalue weighted by atomic mass is 35.5. The van der Waals surface area contributed by atoms with Crippen LogP contribution in [0.4, 0.5) is 10.5 Å². The van der Waals surface area contributed by atoms with Gasteiger partial charge < -0.3 is 20.5 Å². The van der Waals surface area contributed by atoms with Crippen LogP contribution in [0.3, 0.4) is 0 Å². The second-order valence-corrected chi connectivity index (χ2v) is 8.49. The fourth-order valence-corrected chi connectivity index (χ4v) is 4.30. The first kappa shape index (κ1) is 20.9. The van der Waals surface area contributed by atoms with Gasteiger partial charge in [-0.3, -0.25) is 9.88 Å². The van der Waals surface area contributed by atoms with E-state index in [1.165, 1.54) is 0 Å². The largest absolute Gasteiger partial charge is 0.495 e. The molecule has 7 nitrogen and oxygen atoms in total. The Balaban J connectivity index is 1.49. The van der Waals surface area contributed by atoms with Gasteiger partial charge in [0.2, 0.25) is 0 Å². The number of ether oxygens (including phenoxy) is 1. The molecule has 1 aromatic carbocycles. The topological polar surface area (TPSA) is 86.7 Å². The summed E-state index contributed by atoms with van der Waals surface area (Å²) >= 11 is 5.91. The summed E-state index contributed by atoms with van der Waals surface area (Å²) in [5.41, 5.74) is 1.50. The Morgan fingerprint density at radius 2 is 2.07 bits per heavy atom. The number of aliphatic hydroxyl groups is 1. The van der Waals surface area contributed by atoms with E-state index in [4.69, 9.17) is 16.3 Å². The zero-order valence-corrected chi connectivity index (χ0v) is 17.7. The summed E-state index contributed by atoms with van der Waals surface area (Å²) in [5.74, 6) is 0.718. The Hall–Kier alpha value is -2.35. The Kier molecular flexibility index (Phi) is 6.13. The van der Waals surface area contributed by atoms with Crippen LogP contribution in [-0.2, 0) is 0 Å². The van der Waals surface area contributed by atoms with Crippen LogP contribution in [0.1, 0.15) is 30.9 Å². The number of aromatic nitrogens is 1. The number of rotatable bonds is 6. The summed E-state index contributed by atoms with van der Waals surface area (Å²) in [6, 6.07) is 10.5. The van der Waals surface area contributed by atoms with E-state index in [2.05, 4.69) is 20.5 Å². The van der Waals surface area contributed by atoms with Crippen molar-refractivity contribution < 1.29 is 14.6 Å². The molecule has 2 aromatic rings. The molecule has 0 unspecified atom stereocenters. The van der Waals surface area contributed by atoms with Crippen LogP contribution in [0, 0.1) is 0 Å². The van der Waals surface area contributed by atoms with Crippen molar-refractivity contribution in [2.75, 3.05) is 32.1 Å². The maximum atomic E-state index is 12.6. The van der Waals surface area contributed by atoms with E-state index in [1.807, 2.05) is 12.1 Å². The quantitative estimate of drug-likeness (QED) is 0.654. The molecule has 160 valence electrons. The van der Waals surface area contributed by atoms with E-state index in [9.17, 15) is 9.90 Å². The molecule has 3 N–H and O–H groups in total. The fraction of sp³-hybridized carbons (Fsp3) is 0.455. The number of nitrogens with one attached hydrogen (secondary N) is 2. The highest BCUT2D eigenvalue weighted by molar-refractivity contribution is 6.30. The SMILES string of the molecule is COc1ccc([C@@H]2CN(C3(CO)CC3)CC[C@H]2NC(=O)Nc2ccc(Cl)cc2)nc1. The van der Waals surface area contributed by atoms with Crippen LogP contribution < -0.4 is 15.4 Å². The van der Waals surface area contributed by atoms with Crippen molar-refractivity contribution >= 4 is 23.3 Å². The summed E-state index contributed by atoms with van der Waals surface area (Å²) in [5, 5.41) is 16.5. The van der Waals surface area contributed by atoms with Crippen LogP contribution in [-0.4, -0.2) is 59.4 Å². The molecular formula is C22H27ClN4O3. The smallest absolute Gasteiger partial charge is 0.319 e. The number of pyridine rings is 1. The third kappa shape index (κ3) is 4.53. The lowest BCUT2D eigenvalue weighted by Gasteiger charge is -2.42. The number of methoxy groups -OCH3 is 1. The van der Waals surface area contributed by atoms with Crippen LogP contribution in [0.2, 0.25) is 5.02 Å². The van der Waals surface area contributed by atoms with Crippen molar-refractivity contribution in [1.82, 2.24) is 15.2 Å². The van der Waals surface area contributed by atoms with Crippen molar-refractivity contribution in [1.29, 1.82) is 0 Å². The number of carbonyl (C=O) groups excluding carboxylic acids is 1. The standard InChI is InChI=1S/C22H27ClN4O3/c1-30-17-6-7-19(24-12-17)18-13-27(22(14-28)9-10-22)11-8-20(18)26-21(29)25-16-4-2-15(23)3-5-16/h2-7,12,18,20,28H,8-11,13-14H2,1H3,(H2,25,26,29)/t18-,20+/m0/s1. The number of hydrogen-bond acceptors (Lipinski definition) is 5. The van der Waals surface area contributed by atoms with Gasteiger partial charge >= 0.3 is 6.03 Å². The number of likely N-dealkylation sites (tertiary alicyclic amines) is 1. The molecule has 2 atom stereocenters. The first-order valence-corrected chi connectivity index (χ1v) is 10.6. The maximum Gasteiger partial charge on any atom is 0.319 e. The number of benzene rings is 1. The molecule has 4 rings (SSSR count). The first-order valence-electron chi connectivity index (χ1n) is 10.2. The van der Waals surface area contributed by atoms with Gasteiger partial charge in [-0.15, -0.1) is 0 Å². The van der Waals surface area contributed by atoms with E-state index in [1.54, 1.807) is 37.6 Å². The molecule has 1 saturated heterocycles. The summed E-state index contributed by atoms with van der Waals surface area (Å²) in [6.45, 7) is 1.75. The van der Waals surface area contributed by atoms with Gasteiger partial charge in [0.1, 0.15) is 5.75 Å². The van der Waals surface area contributed by atoms with Gasteiger partial charge in [0.05, 0.1) is 19.9 Å². The third-order valence-corrected chi connectivity index (χ3v) is 6.45. The van der Waals surface area contributed by atoms with E-state index in [-0.39, 0.29) is 30.1 Å². The number of aliphatic hydroxyl groups excluding tert-OH is 1. The van der Waals surface area contributed by atoms with Crippen LogP contribution in [0.15, 0.2) is 42.6 Å². The summed E-state index contributed by atoms with van der Waals surface area (Å²) in [7, 11) is 1.61. The lowest BCUT2D eigenvalue weighted by Crippen LogP contribution is -2.54. The number of carbonyl (C=O) groups is 1. The maximum absolute atomic E-state index is 12.6. The van der Waals surface area contributed by atoms with Gasteiger partial charge in [0.15, 0.2) is 0 Å². The van der Waals surface area contributed by atoms with Gasteiger partial charge in [0.25, 0.3) is 0 Å². The summed E-state index contributed by atoms with van der Waals surface area (Å²) < 4.78 is 5.23. The van der Waals surface area contributed by atoms with Gasteiger partial charge in [-0.05, 0) is 55.7 Å². The number of anilines is 1. The second-order valence-electron chi connectivity index (χ2n) is 8.06. The van der Waals surface area contributed by atoms with Crippen molar-refractivity contribution in [3.63, 3.8) is 0 Å². The molecule has 1 aromatic heterocycles. The van der Waals surface area contributed by atoms with Crippen molar-refractivity contribution in [2.24, 2.45) is 0 Å². The van der Waals surface area contributed by atoms with E-state index < -0.39 is 0 Å². The number of halogens is 1. The van der Waals surface area contributed by atoms with Crippen LogP contribution in [0.25, 0.3) is 0 Å². The minimum Gasteiger partial charge on any atom is -0.495 e. The van der Waals surface area contributed by atoms with Gasteiger partial charge in [-0.2, -0.15) is 0 Å². The molecule has 1 saturated carbocycles. The first-order chi connectivity index (χ1) is 14.5. The zero-order valence-electron chi connectivity index (χ0n) is 17.0. The molecule has 2 heterocycles. The van der Waals surface area contributed by atoms with Crippen molar-refractivity contribution in [3.05, 3.63) is 53.3 Å². The number of amides is 2. The zero-order chi connectivity index (χ0) is 21.1. The van der Waals surface area contributed by atoms with Crippen LogP contribution in [0.5, 0.6) is 5.75 Å². The average molecular weight is 431 g/mol. The number of urea groups is 1. The molecule has 30 heavy (non-hydrogen) atoms. The Labute approximate surface area is 181 Å². The summed E-state index contributed by atoms with van der Waals surface area (Å²) in [4.78, 5) is 19.6. The Morgan fingerprint density at radius 1 is 1.30 bits per heavy atom. The predicted molar refractivity (Wildman–Crippen MR) is 116 cm³/mol. The third-order valence-electron chi connectivity index (χ3n) is 6.20. The monoisotopic (exact) mass is 430 g/mol. The minimum absolute atomic E-state index is 0.0182.